The summed E-state index contributed by atoms with van der Waals surface area (Å²) in [6.07, 6.45) is 2.42. The van der Waals surface area contributed by atoms with Gasteiger partial charge >= 0.3 is 5.97 Å². The molecule has 0 aromatic carbocycles. The molecule has 0 aromatic rings. The summed E-state index contributed by atoms with van der Waals surface area (Å²) < 4.78 is 16.1. The SMILES string of the molecule is COC(=O)C(=O)C[C@H](O[C@@H]1CCC[C@H](C)O1)C(C)(C)C. The Kier molecular flexibility index (Phi) is 6.14. The van der Waals surface area contributed by atoms with E-state index >= 15 is 0 Å². The van der Waals surface area contributed by atoms with Crippen LogP contribution in [0.3, 0.4) is 0 Å². The zero-order valence-electron chi connectivity index (χ0n) is 13.1. The summed E-state index contributed by atoms with van der Waals surface area (Å²) in [5, 5.41) is 0. The van der Waals surface area contributed by atoms with Crippen molar-refractivity contribution in [2.45, 2.75) is 71.9 Å². The maximum absolute atomic E-state index is 11.7. The van der Waals surface area contributed by atoms with Gasteiger partial charge < -0.3 is 14.2 Å². The fourth-order valence-corrected chi connectivity index (χ4v) is 2.17. The lowest BCUT2D eigenvalue weighted by Crippen LogP contribution is -2.39. The van der Waals surface area contributed by atoms with E-state index in [0.29, 0.717) is 0 Å². The monoisotopic (exact) mass is 286 g/mol. The van der Waals surface area contributed by atoms with E-state index < -0.39 is 11.8 Å². The van der Waals surface area contributed by atoms with Crippen molar-refractivity contribution in [3.05, 3.63) is 0 Å². The van der Waals surface area contributed by atoms with Crippen LogP contribution in [0.25, 0.3) is 0 Å². The van der Waals surface area contributed by atoms with Gasteiger partial charge in [-0.2, -0.15) is 0 Å². The Morgan fingerprint density at radius 2 is 1.95 bits per heavy atom. The predicted octanol–water partition coefficient (Wildman–Crippen LogP) is 2.46. The minimum atomic E-state index is -0.819. The van der Waals surface area contributed by atoms with Gasteiger partial charge in [-0.05, 0) is 31.6 Å². The average molecular weight is 286 g/mol. The second kappa shape index (κ2) is 7.18. The Bertz CT molecular complexity index is 345. The quantitative estimate of drug-likeness (QED) is 0.574. The number of Topliss-reactive ketones (excluding diaryl/α,β-unsaturated/α-hetero) is 1. The topological polar surface area (TPSA) is 61.8 Å². The van der Waals surface area contributed by atoms with Crippen LogP contribution in [-0.2, 0) is 23.8 Å². The van der Waals surface area contributed by atoms with Crippen LogP contribution in [0.5, 0.6) is 0 Å². The molecule has 20 heavy (non-hydrogen) atoms. The third-order valence-electron chi connectivity index (χ3n) is 3.50. The lowest BCUT2D eigenvalue weighted by atomic mass is 9.86. The molecule has 1 fully saturated rings. The maximum Gasteiger partial charge on any atom is 0.374 e. The molecule has 0 spiro atoms. The molecule has 5 heteroatoms. The molecule has 0 unspecified atom stereocenters. The van der Waals surface area contributed by atoms with E-state index in [2.05, 4.69) is 4.74 Å². The highest BCUT2D eigenvalue weighted by molar-refractivity contribution is 6.33. The van der Waals surface area contributed by atoms with Crippen LogP contribution in [0.1, 0.15) is 53.4 Å². The maximum atomic E-state index is 11.7. The number of hydrogen-bond donors (Lipinski definition) is 0. The second-order valence-electron chi connectivity index (χ2n) is 6.42. The third kappa shape index (κ3) is 5.21. The number of methoxy groups -OCH3 is 1. The van der Waals surface area contributed by atoms with E-state index in [1.807, 2.05) is 27.7 Å². The molecule has 0 aromatic heterocycles. The summed E-state index contributed by atoms with van der Waals surface area (Å²) in [7, 11) is 1.21. The molecule has 1 aliphatic heterocycles. The molecule has 1 saturated heterocycles. The summed E-state index contributed by atoms with van der Waals surface area (Å²) in [5.41, 5.74) is -0.256. The lowest BCUT2D eigenvalue weighted by Gasteiger charge is -2.36. The van der Waals surface area contributed by atoms with Crippen molar-refractivity contribution in [2.24, 2.45) is 5.41 Å². The average Bonchev–Trinajstić information content (AvgIpc) is 2.35. The molecule has 5 nitrogen and oxygen atoms in total. The lowest BCUT2D eigenvalue weighted by molar-refractivity contribution is -0.227. The van der Waals surface area contributed by atoms with E-state index in [-0.39, 0.29) is 30.3 Å². The van der Waals surface area contributed by atoms with Gasteiger partial charge in [0.05, 0.1) is 19.3 Å². The molecule has 1 rings (SSSR count). The van der Waals surface area contributed by atoms with Gasteiger partial charge in [0.25, 0.3) is 0 Å². The molecule has 3 atom stereocenters. The Morgan fingerprint density at radius 1 is 1.30 bits per heavy atom. The first kappa shape index (κ1) is 17.1. The summed E-state index contributed by atoms with van der Waals surface area (Å²) >= 11 is 0. The van der Waals surface area contributed by atoms with Gasteiger partial charge in [-0.15, -0.1) is 0 Å². The zero-order valence-corrected chi connectivity index (χ0v) is 13.1. The molecule has 0 saturated carbocycles. The Hall–Kier alpha value is -0.940. The van der Waals surface area contributed by atoms with Crippen molar-refractivity contribution >= 4 is 11.8 Å². The smallest absolute Gasteiger partial charge is 0.374 e. The fraction of sp³-hybridized carbons (Fsp3) is 0.867. The molecule has 116 valence electrons. The highest BCUT2D eigenvalue weighted by atomic mass is 16.7. The standard InChI is InChI=1S/C15H26O5/c1-10-7-6-8-13(19-10)20-12(15(2,3)4)9-11(16)14(17)18-5/h10,12-13H,6-9H2,1-5H3/t10-,12-,13+/m0/s1. The molecule has 0 amide bonds. The molecule has 0 N–H and O–H groups in total. The van der Waals surface area contributed by atoms with Gasteiger partial charge in [0, 0.05) is 6.42 Å². The summed E-state index contributed by atoms with van der Waals surface area (Å²) in [5.74, 6) is -1.38. The highest BCUT2D eigenvalue weighted by Crippen LogP contribution is 2.29. The Balaban J connectivity index is 2.65. The van der Waals surface area contributed by atoms with Gasteiger partial charge in [0.1, 0.15) is 0 Å². The van der Waals surface area contributed by atoms with Gasteiger partial charge in [-0.1, -0.05) is 20.8 Å². The minimum Gasteiger partial charge on any atom is -0.463 e. The molecule has 0 aliphatic carbocycles. The van der Waals surface area contributed by atoms with Gasteiger partial charge in [0.2, 0.25) is 5.78 Å². The van der Waals surface area contributed by atoms with Crippen molar-refractivity contribution in [1.29, 1.82) is 0 Å². The minimum absolute atomic E-state index is 0.0183. The van der Waals surface area contributed by atoms with Gasteiger partial charge in [0.15, 0.2) is 6.29 Å². The summed E-state index contributed by atoms with van der Waals surface area (Å²) in [6.45, 7) is 7.96. The van der Waals surface area contributed by atoms with E-state index in [0.717, 1.165) is 19.3 Å². The van der Waals surface area contributed by atoms with E-state index in [9.17, 15) is 9.59 Å². The number of ether oxygens (including phenoxy) is 3. The zero-order chi connectivity index (χ0) is 15.3. The molecule has 0 bridgehead atoms. The first-order valence-corrected chi connectivity index (χ1v) is 7.16. The Labute approximate surface area is 121 Å². The van der Waals surface area contributed by atoms with Crippen molar-refractivity contribution in [2.75, 3.05) is 7.11 Å². The highest BCUT2D eigenvalue weighted by Gasteiger charge is 2.34. The van der Waals surface area contributed by atoms with Crippen molar-refractivity contribution in [1.82, 2.24) is 0 Å². The van der Waals surface area contributed by atoms with Crippen LogP contribution < -0.4 is 0 Å². The van der Waals surface area contributed by atoms with Crippen LogP contribution >= 0.6 is 0 Å². The number of carbonyl (C=O) groups excluding carboxylic acids is 2. The van der Waals surface area contributed by atoms with Gasteiger partial charge in [-0.3, -0.25) is 4.79 Å². The predicted molar refractivity (Wildman–Crippen MR) is 74.2 cm³/mol. The van der Waals surface area contributed by atoms with Crippen LogP contribution in [-0.4, -0.2) is 37.4 Å². The molecular formula is C15H26O5. The summed E-state index contributed by atoms with van der Waals surface area (Å²) in [4.78, 5) is 23.0. The van der Waals surface area contributed by atoms with Crippen molar-refractivity contribution < 1.29 is 23.8 Å². The van der Waals surface area contributed by atoms with Crippen molar-refractivity contribution in [3.63, 3.8) is 0 Å². The van der Waals surface area contributed by atoms with Crippen molar-refractivity contribution in [3.8, 4) is 0 Å². The first-order chi connectivity index (χ1) is 9.24. The molecule has 0 radical (unpaired) electrons. The molecule has 1 heterocycles. The van der Waals surface area contributed by atoms with Crippen LogP contribution in [0.4, 0.5) is 0 Å². The van der Waals surface area contributed by atoms with Crippen LogP contribution in [0, 0.1) is 5.41 Å². The molecule has 1 aliphatic rings. The van der Waals surface area contributed by atoms with Crippen LogP contribution in [0.2, 0.25) is 0 Å². The Morgan fingerprint density at radius 3 is 2.45 bits per heavy atom. The fourth-order valence-electron chi connectivity index (χ4n) is 2.17. The largest absolute Gasteiger partial charge is 0.463 e. The first-order valence-electron chi connectivity index (χ1n) is 7.16. The number of ketones is 1. The molecular weight excluding hydrogens is 260 g/mol. The van der Waals surface area contributed by atoms with E-state index in [1.54, 1.807) is 0 Å². The number of rotatable bonds is 5. The van der Waals surface area contributed by atoms with Crippen LogP contribution in [0.15, 0.2) is 0 Å². The van der Waals surface area contributed by atoms with E-state index in [1.165, 1.54) is 7.11 Å². The second-order valence-corrected chi connectivity index (χ2v) is 6.42. The third-order valence-corrected chi connectivity index (χ3v) is 3.50. The normalized spacial score (nSPS) is 25.1. The number of hydrogen-bond acceptors (Lipinski definition) is 5. The van der Waals surface area contributed by atoms with E-state index in [4.69, 9.17) is 9.47 Å². The van der Waals surface area contributed by atoms with Gasteiger partial charge in [-0.25, -0.2) is 4.79 Å². The summed E-state index contributed by atoms with van der Waals surface area (Å²) in [6, 6.07) is 0. The number of carbonyl (C=O) groups is 2. The number of esters is 1.